The molecule has 0 amide bonds. The van der Waals surface area contributed by atoms with E-state index in [2.05, 4.69) is 205 Å². The lowest BCUT2D eigenvalue weighted by molar-refractivity contribution is 0.435. The van der Waals surface area contributed by atoms with E-state index in [9.17, 15) is 0 Å². The maximum atomic E-state index is 7.25. The largest absolute Gasteiger partial charge is 0.457 e. The monoisotopic (exact) mass is 903 g/mol. The molecule has 3 aliphatic carbocycles. The van der Waals surface area contributed by atoms with E-state index in [0.29, 0.717) is 0 Å². The summed E-state index contributed by atoms with van der Waals surface area (Å²) in [6.45, 7) is 0. The number of hydrogen-bond donors (Lipinski definition) is 0. The highest BCUT2D eigenvalue weighted by molar-refractivity contribution is 6.13. The van der Waals surface area contributed by atoms with Crippen molar-refractivity contribution in [1.29, 1.82) is 0 Å². The van der Waals surface area contributed by atoms with Crippen molar-refractivity contribution in [3.63, 3.8) is 0 Å². The number of hydrogen-bond acceptors (Lipinski definition) is 4. The van der Waals surface area contributed by atoms with Gasteiger partial charge in [-0.05, 0) is 110 Å². The van der Waals surface area contributed by atoms with Gasteiger partial charge < -0.3 is 13.7 Å². The average molecular weight is 904 g/mol. The van der Waals surface area contributed by atoms with Gasteiger partial charge in [-0.1, -0.05) is 158 Å². The molecule has 1 unspecified atom stereocenters. The van der Waals surface area contributed by atoms with Gasteiger partial charge in [-0.25, -0.2) is 0 Å². The summed E-state index contributed by atoms with van der Waals surface area (Å²) < 4.78 is 16.2. The molecule has 4 aliphatic rings. The summed E-state index contributed by atoms with van der Waals surface area (Å²) >= 11 is 0. The summed E-state index contributed by atoms with van der Waals surface area (Å²) in [5.74, 6) is 1.67. The summed E-state index contributed by atoms with van der Waals surface area (Å²) in [5, 5.41) is 4.57. The van der Waals surface area contributed by atoms with E-state index in [1.165, 1.54) is 49.9 Å². The van der Waals surface area contributed by atoms with Gasteiger partial charge in [0.15, 0.2) is 0 Å². The number of benzene rings is 9. The number of pyridine rings is 2. The Morgan fingerprint density at radius 1 is 0.366 bits per heavy atom. The van der Waals surface area contributed by atoms with Gasteiger partial charge in [0.05, 0.1) is 45.1 Å². The molecule has 0 radical (unpaired) electrons. The molecule has 0 fully saturated rings. The second kappa shape index (κ2) is 13.3. The van der Waals surface area contributed by atoms with E-state index in [4.69, 9.17) is 19.1 Å². The number of furan rings is 1. The highest BCUT2D eigenvalue weighted by atomic mass is 16.5. The number of para-hydroxylation sites is 4. The van der Waals surface area contributed by atoms with Gasteiger partial charge in [0, 0.05) is 50.0 Å². The predicted molar refractivity (Wildman–Crippen MR) is 283 cm³/mol. The maximum Gasteiger partial charge on any atom is 0.143 e. The van der Waals surface area contributed by atoms with Crippen molar-refractivity contribution < 1.29 is 9.15 Å². The molecule has 0 N–H and O–H groups in total. The van der Waals surface area contributed by atoms with Gasteiger partial charge in [0.25, 0.3) is 0 Å². The summed E-state index contributed by atoms with van der Waals surface area (Å²) in [6.07, 6.45) is 3.94. The van der Waals surface area contributed by atoms with Crippen molar-refractivity contribution in [3.05, 3.63) is 269 Å². The van der Waals surface area contributed by atoms with Crippen LogP contribution in [-0.4, -0.2) is 14.5 Å². The molecule has 328 valence electrons. The summed E-state index contributed by atoms with van der Waals surface area (Å²) in [4.78, 5) is 10.6. The van der Waals surface area contributed by atoms with Gasteiger partial charge in [-0.3, -0.25) is 9.97 Å². The number of fused-ring (bicyclic) bond motifs is 25. The fourth-order valence-corrected chi connectivity index (χ4v) is 13.7. The van der Waals surface area contributed by atoms with E-state index in [1.807, 2.05) is 24.5 Å². The molecule has 5 heterocycles. The molecular weight excluding hydrogens is 867 g/mol. The van der Waals surface area contributed by atoms with Gasteiger partial charge in [-0.15, -0.1) is 0 Å². The van der Waals surface area contributed by atoms with E-state index < -0.39 is 10.8 Å². The normalized spacial score (nSPS) is 15.9. The lowest BCUT2D eigenvalue weighted by Crippen LogP contribution is -2.33. The van der Waals surface area contributed by atoms with Crippen LogP contribution in [0.3, 0.4) is 0 Å². The standard InChI is InChI=1S/C66H37N3O2/c1-6-22-49-41(15-1)42-16-2-7-23-50(42)65(49)51-24-8-3-17-43(51)47-35-55-61(36-54(47)65)70-60-29-12-9-25-52(60)66(55)53-26-14-32-67-62(53)63-56(66)34-39(37-68-63)69-57-27-10-4-18-44(57)48-33-38(30-31-58(48)69)40-20-13-21-46-45-19-5-11-28-59(45)71-64(40)46/h1-37H. The van der Waals surface area contributed by atoms with Gasteiger partial charge in [0.1, 0.15) is 22.7 Å². The molecule has 71 heavy (non-hydrogen) atoms. The van der Waals surface area contributed by atoms with Crippen molar-refractivity contribution in [2.24, 2.45) is 0 Å². The third-order valence-electron chi connectivity index (χ3n) is 16.4. The van der Waals surface area contributed by atoms with E-state index in [0.717, 1.165) is 100 Å². The molecule has 5 nitrogen and oxygen atoms in total. The number of aromatic nitrogens is 3. The first kappa shape index (κ1) is 37.6. The molecule has 0 saturated heterocycles. The average Bonchev–Trinajstić information content (AvgIpc) is 4.23. The summed E-state index contributed by atoms with van der Waals surface area (Å²) in [5.41, 5.74) is 22.1. The van der Waals surface area contributed by atoms with Crippen molar-refractivity contribution in [2.75, 3.05) is 0 Å². The minimum absolute atomic E-state index is 0.515. The minimum atomic E-state index is -0.811. The number of ether oxygens (including phenoxy) is 1. The first-order valence-corrected chi connectivity index (χ1v) is 24.4. The Morgan fingerprint density at radius 3 is 1.80 bits per heavy atom. The number of rotatable bonds is 2. The van der Waals surface area contributed by atoms with Crippen LogP contribution in [0.15, 0.2) is 229 Å². The maximum absolute atomic E-state index is 7.25. The van der Waals surface area contributed by atoms with Crippen LogP contribution >= 0.6 is 0 Å². The zero-order chi connectivity index (χ0) is 46.2. The Hall–Kier alpha value is -9.32. The molecule has 5 heteroatoms. The van der Waals surface area contributed by atoms with Crippen LogP contribution < -0.4 is 4.74 Å². The van der Waals surface area contributed by atoms with Crippen molar-refractivity contribution in [3.8, 4) is 62.0 Å². The molecule has 13 aromatic rings. The van der Waals surface area contributed by atoms with Gasteiger partial charge >= 0.3 is 0 Å². The topological polar surface area (TPSA) is 53.1 Å². The van der Waals surface area contributed by atoms with Crippen LogP contribution in [0.2, 0.25) is 0 Å². The Bertz CT molecular complexity index is 4490. The van der Waals surface area contributed by atoms with Gasteiger partial charge in [-0.2, -0.15) is 0 Å². The van der Waals surface area contributed by atoms with Crippen LogP contribution in [-0.2, 0) is 10.8 Å². The smallest absolute Gasteiger partial charge is 0.143 e. The van der Waals surface area contributed by atoms with E-state index >= 15 is 0 Å². The zero-order valence-electron chi connectivity index (χ0n) is 38.0. The van der Waals surface area contributed by atoms with Gasteiger partial charge in [0.2, 0.25) is 0 Å². The molecule has 0 saturated carbocycles. The fourth-order valence-electron chi connectivity index (χ4n) is 13.7. The molecule has 4 aromatic heterocycles. The third kappa shape index (κ3) is 4.49. The molecule has 1 aliphatic heterocycles. The Labute approximate surface area is 407 Å². The van der Waals surface area contributed by atoms with Crippen molar-refractivity contribution >= 4 is 43.7 Å². The molecule has 0 bridgehead atoms. The van der Waals surface area contributed by atoms with E-state index in [1.54, 1.807) is 0 Å². The lowest BCUT2D eigenvalue weighted by Gasteiger charge is -2.40. The zero-order valence-corrected chi connectivity index (χ0v) is 38.0. The molecule has 2 spiro atoms. The first-order valence-electron chi connectivity index (χ1n) is 24.4. The Morgan fingerprint density at radius 2 is 0.986 bits per heavy atom. The van der Waals surface area contributed by atoms with Crippen LogP contribution in [0.4, 0.5) is 0 Å². The van der Waals surface area contributed by atoms with Crippen molar-refractivity contribution in [1.82, 2.24) is 14.5 Å². The van der Waals surface area contributed by atoms with Crippen molar-refractivity contribution in [2.45, 2.75) is 10.8 Å². The lowest BCUT2D eigenvalue weighted by atomic mass is 9.65. The molecular formula is C66H37N3O2. The number of nitrogens with zero attached hydrogens (tertiary/aromatic N) is 3. The first-order chi connectivity index (χ1) is 35.2. The fraction of sp³-hybridized carbons (Fsp3) is 0.0303. The highest BCUT2D eigenvalue weighted by Gasteiger charge is 2.56. The summed E-state index contributed by atoms with van der Waals surface area (Å²) in [7, 11) is 0. The van der Waals surface area contributed by atoms with Crippen LogP contribution in [0, 0.1) is 0 Å². The molecule has 9 aromatic carbocycles. The second-order valence-electron chi connectivity index (χ2n) is 19.5. The summed E-state index contributed by atoms with van der Waals surface area (Å²) in [6, 6.07) is 77.4. The Balaban J connectivity index is 0.924. The highest BCUT2D eigenvalue weighted by Crippen LogP contribution is 2.67. The predicted octanol–water partition coefficient (Wildman–Crippen LogP) is 16.0. The quantitative estimate of drug-likeness (QED) is 0.173. The van der Waals surface area contributed by atoms with Crippen LogP contribution in [0.5, 0.6) is 11.5 Å². The second-order valence-corrected chi connectivity index (χ2v) is 19.5. The molecule has 1 atom stereocenters. The van der Waals surface area contributed by atoms with Crippen LogP contribution in [0.1, 0.15) is 44.5 Å². The van der Waals surface area contributed by atoms with Crippen LogP contribution in [0.25, 0.3) is 94.2 Å². The Kier molecular flexibility index (Phi) is 7.03. The SMILES string of the molecule is c1ccc2c(c1)Oc1cc3c(cc1C21c2cccnc2-c2ncc(-n4c5ccccc5c5cc(-c6cccc7c6oc6ccccc67)ccc54)cc21)-c1ccccc1C31c2ccccc2-c2ccccc21. The third-order valence-corrected chi connectivity index (χ3v) is 16.4. The molecule has 17 rings (SSSR count). The van der Waals surface area contributed by atoms with E-state index in [-0.39, 0.29) is 0 Å². The minimum Gasteiger partial charge on any atom is -0.457 e.